The third-order valence-electron chi connectivity index (χ3n) is 2.31. The van der Waals surface area contributed by atoms with E-state index in [2.05, 4.69) is 0 Å². The molecule has 0 aliphatic rings. The Bertz CT molecular complexity index is 442. The summed E-state index contributed by atoms with van der Waals surface area (Å²) in [4.78, 5) is 22.3. The zero-order chi connectivity index (χ0) is 13.0. The number of benzene rings is 1. The van der Waals surface area contributed by atoms with Gasteiger partial charge in [-0.05, 0) is 37.6 Å². The second kappa shape index (κ2) is 5.45. The second-order valence-electron chi connectivity index (χ2n) is 3.59. The normalized spacial score (nSPS) is 11.9. The van der Waals surface area contributed by atoms with Gasteiger partial charge in [0.15, 0.2) is 11.8 Å². The van der Waals surface area contributed by atoms with Crippen molar-refractivity contribution in [2.75, 3.05) is 6.61 Å². The van der Waals surface area contributed by atoms with Gasteiger partial charge in [0.2, 0.25) is 0 Å². The van der Waals surface area contributed by atoms with E-state index >= 15 is 0 Å². The van der Waals surface area contributed by atoms with Crippen LogP contribution in [0.2, 0.25) is 0 Å². The van der Waals surface area contributed by atoms with Crippen LogP contribution in [-0.4, -0.2) is 29.5 Å². The molecular formula is C12H15NO4. The average Bonchev–Trinajstić information content (AvgIpc) is 2.30. The number of hydrogen-bond donors (Lipinski definition) is 2. The Morgan fingerprint density at radius 2 is 2.12 bits per heavy atom. The Morgan fingerprint density at radius 3 is 2.59 bits per heavy atom. The summed E-state index contributed by atoms with van der Waals surface area (Å²) < 4.78 is 5.32. The molecule has 5 heteroatoms. The lowest BCUT2D eigenvalue weighted by molar-refractivity contribution is -0.137. The summed E-state index contributed by atoms with van der Waals surface area (Å²) in [6.45, 7) is 4.18. The van der Waals surface area contributed by atoms with Gasteiger partial charge in [-0.2, -0.15) is 0 Å². The van der Waals surface area contributed by atoms with Gasteiger partial charge in [0, 0.05) is 5.56 Å². The molecule has 5 nitrogen and oxygen atoms in total. The van der Waals surface area contributed by atoms with Gasteiger partial charge in [0.05, 0.1) is 6.61 Å². The number of rotatable bonds is 5. The minimum Gasteiger partial charge on any atom is -0.494 e. The molecule has 92 valence electrons. The predicted molar refractivity (Wildman–Crippen MR) is 62.3 cm³/mol. The van der Waals surface area contributed by atoms with Gasteiger partial charge in [-0.1, -0.05) is 0 Å². The predicted octanol–water partition coefficient (Wildman–Crippen LogP) is 0.988. The molecule has 0 saturated heterocycles. The Kier molecular flexibility index (Phi) is 4.23. The standard InChI is InChI=1S/C12H15NO4/c1-3-17-9-5-4-8(6-7(9)2)11(14)10(13)12(15)16/h4-6,10H,3,13H2,1-2H3,(H,15,16). The van der Waals surface area contributed by atoms with E-state index in [1.165, 1.54) is 6.07 Å². The summed E-state index contributed by atoms with van der Waals surface area (Å²) in [5.41, 5.74) is 6.31. The number of aliphatic carboxylic acids is 1. The summed E-state index contributed by atoms with van der Waals surface area (Å²) in [5, 5.41) is 8.65. The van der Waals surface area contributed by atoms with E-state index in [1.54, 1.807) is 19.1 Å². The maximum Gasteiger partial charge on any atom is 0.328 e. The number of Topliss-reactive ketones (excluding diaryl/α,β-unsaturated/α-hetero) is 1. The van der Waals surface area contributed by atoms with Gasteiger partial charge >= 0.3 is 5.97 Å². The van der Waals surface area contributed by atoms with Gasteiger partial charge in [-0.15, -0.1) is 0 Å². The molecule has 0 heterocycles. The van der Waals surface area contributed by atoms with Crippen molar-refractivity contribution in [1.29, 1.82) is 0 Å². The first-order chi connectivity index (χ1) is 7.97. The van der Waals surface area contributed by atoms with Crippen LogP contribution in [0, 0.1) is 6.92 Å². The number of carbonyl (C=O) groups excluding carboxylic acids is 1. The molecule has 0 aliphatic heterocycles. The lowest BCUT2D eigenvalue weighted by atomic mass is 10.0. The Labute approximate surface area is 99.2 Å². The van der Waals surface area contributed by atoms with E-state index in [1.807, 2.05) is 6.92 Å². The quantitative estimate of drug-likeness (QED) is 0.588. The van der Waals surface area contributed by atoms with E-state index < -0.39 is 17.8 Å². The lowest BCUT2D eigenvalue weighted by Gasteiger charge is -2.10. The monoisotopic (exact) mass is 237 g/mol. The summed E-state index contributed by atoms with van der Waals surface area (Å²) in [6.07, 6.45) is 0. The molecular weight excluding hydrogens is 222 g/mol. The van der Waals surface area contributed by atoms with Crippen molar-refractivity contribution in [2.24, 2.45) is 5.73 Å². The molecule has 17 heavy (non-hydrogen) atoms. The van der Waals surface area contributed by atoms with Crippen molar-refractivity contribution in [1.82, 2.24) is 0 Å². The van der Waals surface area contributed by atoms with E-state index in [9.17, 15) is 9.59 Å². The summed E-state index contributed by atoms with van der Waals surface area (Å²) in [6, 6.07) is 3.22. The summed E-state index contributed by atoms with van der Waals surface area (Å²) in [7, 11) is 0. The first kappa shape index (κ1) is 13.2. The molecule has 0 amide bonds. The zero-order valence-corrected chi connectivity index (χ0v) is 9.77. The summed E-state index contributed by atoms with van der Waals surface area (Å²) >= 11 is 0. The molecule has 1 aromatic carbocycles. The number of carboxylic acids is 1. The number of carboxylic acid groups (broad SMARTS) is 1. The molecule has 1 atom stereocenters. The lowest BCUT2D eigenvalue weighted by Crippen LogP contribution is -2.38. The van der Waals surface area contributed by atoms with Gasteiger partial charge in [-0.3, -0.25) is 9.59 Å². The van der Waals surface area contributed by atoms with Crippen LogP contribution in [0.1, 0.15) is 22.8 Å². The van der Waals surface area contributed by atoms with Crippen molar-refractivity contribution in [3.8, 4) is 5.75 Å². The van der Waals surface area contributed by atoms with Crippen LogP contribution in [0.15, 0.2) is 18.2 Å². The van der Waals surface area contributed by atoms with Gasteiger partial charge < -0.3 is 15.6 Å². The Hall–Kier alpha value is -1.88. The molecule has 0 spiro atoms. The first-order valence-electron chi connectivity index (χ1n) is 5.23. The first-order valence-corrected chi connectivity index (χ1v) is 5.23. The molecule has 0 aliphatic carbocycles. The third kappa shape index (κ3) is 3.04. The number of hydrogen-bond acceptors (Lipinski definition) is 4. The molecule has 1 aromatic rings. The maximum absolute atomic E-state index is 11.7. The van der Waals surface area contributed by atoms with Crippen LogP contribution < -0.4 is 10.5 Å². The number of aryl methyl sites for hydroxylation is 1. The largest absolute Gasteiger partial charge is 0.494 e. The fourth-order valence-corrected chi connectivity index (χ4v) is 1.41. The molecule has 0 bridgehead atoms. The topological polar surface area (TPSA) is 89.6 Å². The average molecular weight is 237 g/mol. The van der Waals surface area contributed by atoms with E-state index in [0.29, 0.717) is 12.4 Å². The van der Waals surface area contributed by atoms with Crippen LogP contribution in [0.25, 0.3) is 0 Å². The summed E-state index contributed by atoms with van der Waals surface area (Å²) in [5.74, 6) is -1.27. The molecule has 3 N–H and O–H groups in total. The van der Waals surface area contributed by atoms with Gasteiger partial charge in [0.1, 0.15) is 5.75 Å². The Balaban J connectivity index is 2.97. The number of nitrogens with two attached hydrogens (primary N) is 1. The number of carbonyl (C=O) groups is 2. The van der Waals surface area contributed by atoms with Crippen molar-refractivity contribution >= 4 is 11.8 Å². The van der Waals surface area contributed by atoms with Crippen LogP contribution in [0.5, 0.6) is 5.75 Å². The van der Waals surface area contributed by atoms with E-state index in [4.69, 9.17) is 15.6 Å². The molecule has 1 rings (SSSR count). The molecule has 0 aromatic heterocycles. The van der Waals surface area contributed by atoms with Crippen molar-refractivity contribution in [3.63, 3.8) is 0 Å². The van der Waals surface area contributed by atoms with E-state index in [-0.39, 0.29) is 5.56 Å². The smallest absolute Gasteiger partial charge is 0.328 e. The van der Waals surface area contributed by atoms with Crippen LogP contribution in [0.4, 0.5) is 0 Å². The van der Waals surface area contributed by atoms with E-state index in [0.717, 1.165) is 5.56 Å². The SMILES string of the molecule is CCOc1ccc(C(=O)C(N)C(=O)O)cc1C. The zero-order valence-electron chi connectivity index (χ0n) is 9.77. The second-order valence-corrected chi connectivity index (χ2v) is 3.59. The van der Waals surface area contributed by atoms with Crippen LogP contribution in [-0.2, 0) is 4.79 Å². The van der Waals surface area contributed by atoms with Crippen molar-refractivity contribution in [2.45, 2.75) is 19.9 Å². The van der Waals surface area contributed by atoms with Crippen LogP contribution in [0.3, 0.4) is 0 Å². The highest BCUT2D eigenvalue weighted by Crippen LogP contribution is 2.19. The minimum atomic E-state index is -1.52. The third-order valence-corrected chi connectivity index (χ3v) is 2.31. The Morgan fingerprint density at radius 1 is 1.47 bits per heavy atom. The highest BCUT2D eigenvalue weighted by Gasteiger charge is 2.22. The number of ether oxygens (including phenoxy) is 1. The van der Waals surface area contributed by atoms with Crippen LogP contribution >= 0.6 is 0 Å². The van der Waals surface area contributed by atoms with Crippen molar-refractivity contribution in [3.05, 3.63) is 29.3 Å². The fourth-order valence-electron chi connectivity index (χ4n) is 1.41. The number of ketones is 1. The highest BCUT2D eigenvalue weighted by molar-refractivity contribution is 6.11. The molecule has 0 fully saturated rings. The van der Waals surface area contributed by atoms with Gasteiger partial charge in [0.25, 0.3) is 0 Å². The maximum atomic E-state index is 11.7. The van der Waals surface area contributed by atoms with Gasteiger partial charge in [-0.25, -0.2) is 0 Å². The fraction of sp³-hybridized carbons (Fsp3) is 0.333. The minimum absolute atomic E-state index is 0.279. The molecule has 0 saturated carbocycles. The van der Waals surface area contributed by atoms with Crippen molar-refractivity contribution < 1.29 is 19.4 Å². The molecule has 1 unspecified atom stereocenters. The molecule has 0 radical (unpaired) electrons. The highest BCUT2D eigenvalue weighted by atomic mass is 16.5.